The first-order chi connectivity index (χ1) is 15.7. The number of nitrogens with one attached hydrogen (secondary N) is 1. The Balaban J connectivity index is 1.88. The number of sulfonamides is 1. The van der Waals surface area contributed by atoms with E-state index in [2.05, 4.69) is 10.5 Å². The van der Waals surface area contributed by atoms with Gasteiger partial charge in [-0.3, -0.25) is 4.79 Å². The Morgan fingerprint density at radius 2 is 1.52 bits per heavy atom. The third-order valence-corrected chi connectivity index (χ3v) is 7.30. The van der Waals surface area contributed by atoms with Gasteiger partial charge in [-0.2, -0.15) is 9.41 Å². The van der Waals surface area contributed by atoms with Gasteiger partial charge in [0.15, 0.2) is 0 Å². The molecule has 0 radical (unpaired) electrons. The molecular formula is C26H29N3O3S. The first-order valence-corrected chi connectivity index (χ1v) is 12.1. The van der Waals surface area contributed by atoms with E-state index in [0.717, 1.165) is 22.3 Å². The number of hydrogen-bond donors (Lipinski definition) is 1. The molecule has 0 heterocycles. The molecule has 0 unspecified atom stereocenters. The molecule has 33 heavy (non-hydrogen) atoms. The maximum Gasteiger partial charge on any atom is 0.255 e. The van der Waals surface area contributed by atoms with Crippen molar-refractivity contribution in [3.63, 3.8) is 0 Å². The number of carbonyl (C=O) groups is 1. The van der Waals surface area contributed by atoms with E-state index in [-0.39, 0.29) is 18.0 Å². The van der Waals surface area contributed by atoms with Crippen LogP contribution in [0.25, 0.3) is 0 Å². The third kappa shape index (κ3) is 6.37. The Hall–Kier alpha value is -3.29. The molecule has 0 saturated carbocycles. The zero-order chi connectivity index (χ0) is 24.0. The summed E-state index contributed by atoms with van der Waals surface area (Å²) in [6, 6.07) is 20.6. The second-order valence-corrected chi connectivity index (χ2v) is 10.1. The molecule has 3 rings (SSSR count). The highest BCUT2D eigenvalue weighted by molar-refractivity contribution is 7.89. The zero-order valence-corrected chi connectivity index (χ0v) is 20.2. The summed E-state index contributed by atoms with van der Waals surface area (Å²) in [5.41, 5.74) is 7.44. The lowest BCUT2D eigenvalue weighted by molar-refractivity contribution is -0.121. The molecule has 0 fully saturated rings. The van der Waals surface area contributed by atoms with Gasteiger partial charge in [-0.25, -0.2) is 13.8 Å². The van der Waals surface area contributed by atoms with Crippen molar-refractivity contribution in [3.8, 4) is 0 Å². The van der Waals surface area contributed by atoms with Crippen molar-refractivity contribution in [2.75, 3.05) is 6.54 Å². The monoisotopic (exact) mass is 463 g/mol. The van der Waals surface area contributed by atoms with Crippen LogP contribution >= 0.6 is 0 Å². The Bertz CT molecular complexity index is 1230. The third-order valence-electron chi connectivity index (χ3n) is 5.20. The molecule has 0 bridgehead atoms. The van der Waals surface area contributed by atoms with Crippen molar-refractivity contribution in [2.24, 2.45) is 5.10 Å². The number of nitrogens with zero attached hydrogens (tertiary/aromatic N) is 2. The summed E-state index contributed by atoms with van der Waals surface area (Å²) in [4.78, 5) is 12.9. The Morgan fingerprint density at radius 3 is 2.12 bits per heavy atom. The number of aryl methyl sites for hydroxylation is 4. The standard InChI is InChI=1S/C26H29N3O3S/c1-19-10-12-24(13-11-19)17-29(18-25(30)28-27-16-23-8-6-5-7-9-23)33(31,32)26-21(3)14-20(2)15-22(26)4/h5-16H,17-18H2,1-4H3,(H,28,30). The largest absolute Gasteiger partial charge is 0.272 e. The second-order valence-electron chi connectivity index (χ2n) is 8.19. The van der Waals surface area contributed by atoms with Crippen molar-refractivity contribution in [3.05, 3.63) is 100 Å². The molecule has 0 saturated heterocycles. The summed E-state index contributed by atoms with van der Waals surface area (Å²) in [6.45, 7) is 7.18. The molecule has 3 aromatic carbocycles. The van der Waals surface area contributed by atoms with Crippen LogP contribution < -0.4 is 5.43 Å². The second kappa shape index (κ2) is 10.6. The number of amides is 1. The van der Waals surface area contributed by atoms with Gasteiger partial charge in [0.25, 0.3) is 5.91 Å². The van der Waals surface area contributed by atoms with E-state index in [4.69, 9.17) is 0 Å². The van der Waals surface area contributed by atoms with E-state index in [1.165, 1.54) is 10.5 Å². The van der Waals surface area contributed by atoms with Crippen molar-refractivity contribution in [1.82, 2.24) is 9.73 Å². The number of hydrazone groups is 1. The van der Waals surface area contributed by atoms with Gasteiger partial charge in [-0.05, 0) is 49.9 Å². The zero-order valence-electron chi connectivity index (χ0n) is 19.4. The normalized spacial score (nSPS) is 11.8. The first-order valence-electron chi connectivity index (χ1n) is 10.7. The minimum atomic E-state index is -3.94. The van der Waals surface area contributed by atoms with Gasteiger partial charge < -0.3 is 0 Å². The van der Waals surface area contributed by atoms with Crippen molar-refractivity contribution in [2.45, 2.75) is 39.1 Å². The van der Waals surface area contributed by atoms with Gasteiger partial charge in [-0.1, -0.05) is 77.9 Å². The number of rotatable bonds is 8. The van der Waals surface area contributed by atoms with Crippen LogP contribution in [0.4, 0.5) is 0 Å². The van der Waals surface area contributed by atoms with Crippen molar-refractivity contribution in [1.29, 1.82) is 0 Å². The fourth-order valence-electron chi connectivity index (χ4n) is 3.74. The van der Waals surface area contributed by atoms with E-state index >= 15 is 0 Å². The fourth-order valence-corrected chi connectivity index (χ4v) is 5.54. The van der Waals surface area contributed by atoms with Gasteiger partial charge >= 0.3 is 0 Å². The predicted octanol–water partition coefficient (Wildman–Crippen LogP) is 4.26. The SMILES string of the molecule is Cc1ccc(CN(CC(=O)NN=Cc2ccccc2)S(=O)(=O)c2c(C)cc(C)cc2C)cc1. The summed E-state index contributed by atoms with van der Waals surface area (Å²) in [5.74, 6) is -0.514. The van der Waals surface area contributed by atoms with Crippen LogP contribution in [0.5, 0.6) is 0 Å². The van der Waals surface area contributed by atoms with Crippen LogP contribution in [0.2, 0.25) is 0 Å². The maximum absolute atomic E-state index is 13.7. The molecular weight excluding hydrogens is 434 g/mol. The minimum absolute atomic E-state index is 0.0746. The molecule has 0 aromatic heterocycles. The Labute approximate surface area is 196 Å². The van der Waals surface area contributed by atoms with Gasteiger partial charge in [0, 0.05) is 6.54 Å². The van der Waals surface area contributed by atoms with Crippen LogP contribution in [-0.2, 0) is 21.4 Å². The highest BCUT2D eigenvalue weighted by atomic mass is 32.2. The van der Waals surface area contributed by atoms with Gasteiger partial charge in [0.1, 0.15) is 0 Å². The van der Waals surface area contributed by atoms with Crippen LogP contribution in [0.3, 0.4) is 0 Å². The number of carbonyl (C=O) groups excluding carboxylic acids is 1. The summed E-state index contributed by atoms with van der Waals surface area (Å²) in [7, 11) is -3.94. The fraction of sp³-hybridized carbons (Fsp3) is 0.231. The molecule has 6 nitrogen and oxygen atoms in total. The lowest BCUT2D eigenvalue weighted by atomic mass is 10.1. The summed E-state index contributed by atoms with van der Waals surface area (Å²) in [6.07, 6.45) is 1.52. The quantitative estimate of drug-likeness (QED) is 0.400. The molecule has 1 amide bonds. The smallest absolute Gasteiger partial charge is 0.255 e. The molecule has 0 aliphatic heterocycles. The van der Waals surface area contributed by atoms with Crippen LogP contribution in [0.15, 0.2) is 76.7 Å². The number of hydrogen-bond acceptors (Lipinski definition) is 4. The van der Waals surface area contributed by atoms with Gasteiger partial charge in [0.05, 0.1) is 17.7 Å². The van der Waals surface area contributed by atoms with Gasteiger partial charge in [0.2, 0.25) is 10.0 Å². The lowest BCUT2D eigenvalue weighted by Crippen LogP contribution is -2.39. The minimum Gasteiger partial charge on any atom is -0.272 e. The Morgan fingerprint density at radius 1 is 0.909 bits per heavy atom. The number of benzene rings is 3. The van der Waals surface area contributed by atoms with E-state index in [0.29, 0.717) is 11.1 Å². The first kappa shape index (κ1) is 24.4. The van der Waals surface area contributed by atoms with Crippen molar-refractivity contribution < 1.29 is 13.2 Å². The molecule has 0 atom stereocenters. The van der Waals surface area contributed by atoms with Gasteiger partial charge in [-0.15, -0.1) is 0 Å². The summed E-state index contributed by atoms with van der Waals surface area (Å²) >= 11 is 0. The average Bonchev–Trinajstić information content (AvgIpc) is 2.74. The topological polar surface area (TPSA) is 78.8 Å². The summed E-state index contributed by atoms with van der Waals surface area (Å²) < 4.78 is 28.6. The van der Waals surface area contributed by atoms with Crippen LogP contribution in [-0.4, -0.2) is 31.4 Å². The highest BCUT2D eigenvalue weighted by Gasteiger charge is 2.30. The van der Waals surface area contributed by atoms with E-state index in [1.54, 1.807) is 13.8 Å². The van der Waals surface area contributed by atoms with Crippen LogP contribution in [0.1, 0.15) is 33.4 Å². The molecule has 3 aromatic rings. The van der Waals surface area contributed by atoms with E-state index in [9.17, 15) is 13.2 Å². The molecule has 7 heteroatoms. The molecule has 172 valence electrons. The Kier molecular flexibility index (Phi) is 7.79. The molecule has 0 aliphatic carbocycles. The molecule has 0 spiro atoms. The predicted molar refractivity (Wildman–Crippen MR) is 132 cm³/mol. The average molecular weight is 464 g/mol. The van der Waals surface area contributed by atoms with E-state index in [1.807, 2.05) is 80.6 Å². The van der Waals surface area contributed by atoms with E-state index < -0.39 is 15.9 Å². The highest BCUT2D eigenvalue weighted by Crippen LogP contribution is 2.26. The summed E-state index contributed by atoms with van der Waals surface area (Å²) in [5, 5.41) is 3.97. The van der Waals surface area contributed by atoms with Crippen molar-refractivity contribution >= 4 is 22.1 Å². The molecule has 1 N–H and O–H groups in total. The molecule has 0 aliphatic rings. The lowest BCUT2D eigenvalue weighted by Gasteiger charge is -2.24. The van der Waals surface area contributed by atoms with Crippen LogP contribution in [0, 0.1) is 27.7 Å². The maximum atomic E-state index is 13.7.